The van der Waals surface area contributed by atoms with Crippen LogP contribution in [0, 0.1) is 0 Å². The Labute approximate surface area is 194 Å². The number of rotatable bonds is 8. The number of aryl methyl sites for hydroxylation is 1. The van der Waals surface area contributed by atoms with Gasteiger partial charge in [-0.1, -0.05) is 12.1 Å². The molecule has 8 heteroatoms. The lowest BCUT2D eigenvalue weighted by Crippen LogP contribution is -2.35. The van der Waals surface area contributed by atoms with Crippen LogP contribution in [0.4, 0.5) is 0 Å². The summed E-state index contributed by atoms with van der Waals surface area (Å²) in [6.45, 7) is 4.08. The molecule has 1 fully saturated rings. The Kier molecular flexibility index (Phi) is 7.26. The number of amides is 1. The first kappa shape index (κ1) is 22.8. The van der Waals surface area contributed by atoms with Crippen LogP contribution in [0.3, 0.4) is 0 Å². The number of nitrogens with zero attached hydrogens (tertiary/aromatic N) is 3. The van der Waals surface area contributed by atoms with E-state index in [0.29, 0.717) is 22.9 Å². The standard InChI is InChI=1S/C25H30N4O4/c1-28-8-7-26-24(28)23(20-14-21(31-2)16-22(15-20)32-3)27-25(30)19-6-4-5-18(13-19)17-29-9-11-33-12-10-29/h4-8,13-16,23H,9-12,17H2,1-3H3,(H,27,30). The number of hydrogen-bond acceptors (Lipinski definition) is 6. The van der Waals surface area contributed by atoms with E-state index in [0.717, 1.165) is 44.0 Å². The predicted molar refractivity (Wildman–Crippen MR) is 125 cm³/mol. The molecule has 2 heterocycles. The minimum absolute atomic E-state index is 0.173. The second kappa shape index (κ2) is 10.5. The highest BCUT2D eigenvalue weighted by Gasteiger charge is 2.23. The lowest BCUT2D eigenvalue weighted by Gasteiger charge is -2.26. The molecule has 2 aromatic carbocycles. The summed E-state index contributed by atoms with van der Waals surface area (Å²) in [5.74, 6) is 1.83. The largest absolute Gasteiger partial charge is 0.497 e. The summed E-state index contributed by atoms with van der Waals surface area (Å²) in [5.41, 5.74) is 2.52. The lowest BCUT2D eigenvalue weighted by atomic mass is 10.0. The van der Waals surface area contributed by atoms with Crippen molar-refractivity contribution in [2.24, 2.45) is 7.05 Å². The van der Waals surface area contributed by atoms with Gasteiger partial charge in [-0.15, -0.1) is 0 Å². The van der Waals surface area contributed by atoms with Gasteiger partial charge in [-0.3, -0.25) is 9.69 Å². The van der Waals surface area contributed by atoms with E-state index >= 15 is 0 Å². The molecule has 1 aromatic heterocycles. The molecule has 8 nitrogen and oxygen atoms in total. The van der Waals surface area contributed by atoms with Crippen molar-refractivity contribution >= 4 is 5.91 Å². The molecule has 1 N–H and O–H groups in total. The van der Waals surface area contributed by atoms with Crippen LogP contribution in [-0.2, 0) is 18.3 Å². The van der Waals surface area contributed by atoms with E-state index in [1.54, 1.807) is 26.5 Å². The number of ether oxygens (including phenoxy) is 3. The molecule has 4 rings (SSSR count). The van der Waals surface area contributed by atoms with Crippen molar-refractivity contribution in [2.75, 3.05) is 40.5 Å². The summed E-state index contributed by atoms with van der Waals surface area (Å²) in [6.07, 6.45) is 3.57. The molecule has 33 heavy (non-hydrogen) atoms. The van der Waals surface area contributed by atoms with E-state index in [4.69, 9.17) is 14.2 Å². The van der Waals surface area contributed by atoms with Gasteiger partial charge in [-0.25, -0.2) is 4.98 Å². The molecule has 0 bridgehead atoms. The summed E-state index contributed by atoms with van der Waals surface area (Å²) in [7, 11) is 5.11. The zero-order valence-corrected chi connectivity index (χ0v) is 19.3. The molecule has 1 saturated heterocycles. The van der Waals surface area contributed by atoms with Crippen LogP contribution in [0.5, 0.6) is 11.5 Å². The summed E-state index contributed by atoms with van der Waals surface area (Å²) >= 11 is 0. The third-order valence-electron chi connectivity index (χ3n) is 5.80. The molecule has 0 radical (unpaired) electrons. The second-order valence-corrected chi connectivity index (χ2v) is 8.04. The molecule has 0 spiro atoms. The van der Waals surface area contributed by atoms with E-state index in [-0.39, 0.29) is 5.91 Å². The van der Waals surface area contributed by atoms with Crippen LogP contribution < -0.4 is 14.8 Å². The maximum Gasteiger partial charge on any atom is 0.252 e. The molecular formula is C25H30N4O4. The average molecular weight is 451 g/mol. The fourth-order valence-corrected chi connectivity index (χ4v) is 3.99. The molecule has 3 aromatic rings. The number of nitrogens with one attached hydrogen (secondary N) is 1. The van der Waals surface area contributed by atoms with Gasteiger partial charge in [0.25, 0.3) is 5.91 Å². The van der Waals surface area contributed by atoms with Crippen molar-refractivity contribution in [2.45, 2.75) is 12.6 Å². The Morgan fingerprint density at radius 2 is 1.85 bits per heavy atom. The maximum atomic E-state index is 13.3. The molecule has 0 saturated carbocycles. The van der Waals surface area contributed by atoms with Crippen LogP contribution in [0.1, 0.15) is 33.4 Å². The third kappa shape index (κ3) is 5.53. The highest BCUT2D eigenvalue weighted by atomic mass is 16.5. The number of imidazole rings is 1. The number of hydrogen-bond donors (Lipinski definition) is 1. The number of aromatic nitrogens is 2. The Morgan fingerprint density at radius 1 is 1.12 bits per heavy atom. The zero-order chi connectivity index (χ0) is 23.2. The third-order valence-corrected chi connectivity index (χ3v) is 5.80. The van der Waals surface area contributed by atoms with Gasteiger partial charge in [-0.05, 0) is 35.4 Å². The van der Waals surface area contributed by atoms with Crippen molar-refractivity contribution in [3.8, 4) is 11.5 Å². The van der Waals surface area contributed by atoms with E-state index in [2.05, 4.69) is 21.3 Å². The van der Waals surface area contributed by atoms with E-state index in [1.807, 2.05) is 48.1 Å². The number of methoxy groups -OCH3 is 2. The normalized spacial score (nSPS) is 15.1. The lowest BCUT2D eigenvalue weighted by molar-refractivity contribution is 0.0342. The molecule has 1 atom stereocenters. The monoisotopic (exact) mass is 450 g/mol. The first-order valence-electron chi connectivity index (χ1n) is 11.0. The first-order valence-corrected chi connectivity index (χ1v) is 11.0. The smallest absolute Gasteiger partial charge is 0.252 e. The van der Waals surface area contributed by atoms with Gasteiger partial charge in [-0.2, -0.15) is 0 Å². The predicted octanol–water partition coefficient (Wildman–Crippen LogP) is 2.79. The van der Waals surface area contributed by atoms with Crippen molar-refractivity contribution in [1.29, 1.82) is 0 Å². The molecule has 1 amide bonds. The molecule has 174 valence electrons. The molecule has 1 aliphatic rings. The number of benzene rings is 2. The summed E-state index contributed by atoms with van der Waals surface area (Å²) in [6, 6.07) is 12.9. The van der Waals surface area contributed by atoms with Crippen molar-refractivity contribution < 1.29 is 19.0 Å². The Morgan fingerprint density at radius 3 is 2.48 bits per heavy atom. The molecule has 0 aliphatic carbocycles. The van der Waals surface area contributed by atoms with E-state index < -0.39 is 6.04 Å². The second-order valence-electron chi connectivity index (χ2n) is 8.04. The topological polar surface area (TPSA) is 77.8 Å². The highest BCUT2D eigenvalue weighted by Crippen LogP contribution is 2.29. The Bertz CT molecular complexity index is 1070. The van der Waals surface area contributed by atoms with Gasteiger partial charge in [0.15, 0.2) is 0 Å². The van der Waals surface area contributed by atoms with Crippen LogP contribution in [0.25, 0.3) is 0 Å². The minimum Gasteiger partial charge on any atom is -0.497 e. The number of morpholine rings is 1. The average Bonchev–Trinajstić information content (AvgIpc) is 3.28. The Hall–Kier alpha value is -3.36. The van der Waals surface area contributed by atoms with Gasteiger partial charge < -0.3 is 24.1 Å². The number of carbonyl (C=O) groups excluding carboxylic acids is 1. The highest BCUT2D eigenvalue weighted by molar-refractivity contribution is 5.94. The SMILES string of the molecule is COc1cc(OC)cc(C(NC(=O)c2cccc(CN3CCOCC3)c2)c2nccn2C)c1. The van der Waals surface area contributed by atoms with Crippen LogP contribution in [0.15, 0.2) is 54.9 Å². The van der Waals surface area contributed by atoms with Crippen molar-refractivity contribution in [3.63, 3.8) is 0 Å². The van der Waals surface area contributed by atoms with Gasteiger partial charge in [0.2, 0.25) is 0 Å². The fraction of sp³-hybridized carbons (Fsp3) is 0.360. The van der Waals surface area contributed by atoms with E-state index in [1.165, 1.54) is 0 Å². The summed E-state index contributed by atoms with van der Waals surface area (Å²) < 4.78 is 18.2. The van der Waals surface area contributed by atoms with Crippen LogP contribution in [-0.4, -0.2) is 60.9 Å². The van der Waals surface area contributed by atoms with Crippen molar-refractivity contribution in [1.82, 2.24) is 19.8 Å². The minimum atomic E-state index is -0.482. The van der Waals surface area contributed by atoms with Gasteiger partial charge in [0, 0.05) is 50.7 Å². The van der Waals surface area contributed by atoms with Crippen LogP contribution in [0.2, 0.25) is 0 Å². The fourth-order valence-electron chi connectivity index (χ4n) is 3.99. The Balaban J connectivity index is 1.60. The molecular weight excluding hydrogens is 420 g/mol. The van der Waals surface area contributed by atoms with Gasteiger partial charge in [0.05, 0.1) is 27.4 Å². The maximum absolute atomic E-state index is 13.3. The summed E-state index contributed by atoms with van der Waals surface area (Å²) in [5, 5.41) is 3.16. The summed E-state index contributed by atoms with van der Waals surface area (Å²) in [4.78, 5) is 20.2. The van der Waals surface area contributed by atoms with Gasteiger partial charge in [0.1, 0.15) is 23.4 Å². The first-order chi connectivity index (χ1) is 16.1. The molecule has 1 unspecified atom stereocenters. The van der Waals surface area contributed by atoms with Gasteiger partial charge >= 0.3 is 0 Å². The zero-order valence-electron chi connectivity index (χ0n) is 19.3. The van der Waals surface area contributed by atoms with E-state index in [9.17, 15) is 4.79 Å². The molecule has 1 aliphatic heterocycles. The van der Waals surface area contributed by atoms with Crippen molar-refractivity contribution in [3.05, 3.63) is 77.4 Å². The quantitative estimate of drug-likeness (QED) is 0.569. The number of carbonyl (C=O) groups is 1. The van der Waals surface area contributed by atoms with Crippen LogP contribution >= 0.6 is 0 Å².